The lowest BCUT2D eigenvalue weighted by Gasteiger charge is -2.21. The molecular formula is C16H17NO2. The summed E-state index contributed by atoms with van der Waals surface area (Å²) in [7, 11) is 2.06. The summed E-state index contributed by atoms with van der Waals surface area (Å²) in [6.45, 7) is 1.34. The second kappa shape index (κ2) is 5.43. The van der Waals surface area contributed by atoms with Gasteiger partial charge in [-0.15, -0.1) is 0 Å². The Bertz CT molecular complexity index is 535. The van der Waals surface area contributed by atoms with E-state index in [2.05, 4.69) is 36.2 Å². The molecule has 0 aromatic heterocycles. The Kier molecular flexibility index (Phi) is 3.49. The average Bonchev–Trinajstić information content (AvgIpc) is 3.02. The smallest absolute Gasteiger partial charge is 0.184 e. The molecular weight excluding hydrogens is 238 g/mol. The average molecular weight is 255 g/mol. The molecule has 2 aromatic rings. The zero-order chi connectivity index (χ0) is 13.1. The van der Waals surface area contributed by atoms with Crippen LogP contribution in [0.3, 0.4) is 0 Å². The Morgan fingerprint density at radius 1 is 0.895 bits per heavy atom. The van der Waals surface area contributed by atoms with Crippen LogP contribution in [0, 0.1) is 0 Å². The van der Waals surface area contributed by atoms with E-state index in [1.165, 1.54) is 0 Å². The third-order valence-electron chi connectivity index (χ3n) is 3.29. The van der Waals surface area contributed by atoms with Gasteiger partial charge >= 0.3 is 0 Å². The number of para-hydroxylation sites is 1. The van der Waals surface area contributed by atoms with Crippen LogP contribution in [-0.2, 0) is 9.47 Å². The fourth-order valence-electron chi connectivity index (χ4n) is 2.23. The summed E-state index contributed by atoms with van der Waals surface area (Å²) >= 11 is 0. The number of benzene rings is 2. The second-order valence-electron chi connectivity index (χ2n) is 4.56. The van der Waals surface area contributed by atoms with Crippen molar-refractivity contribution in [1.82, 2.24) is 0 Å². The van der Waals surface area contributed by atoms with Crippen molar-refractivity contribution in [3.05, 3.63) is 60.2 Å². The molecule has 0 radical (unpaired) electrons. The van der Waals surface area contributed by atoms with Gasteiger partial charge in [-0.1, -0.05) is 30.3 Å². The van der Waals surface area contributed by atoms with Crippen LogP contribution in [-0.4, -0.2) is 20.3 Å². The largest absolute Gasteiger partial charge is 0.346 e. The number of rotatable bonds is 3. The predicted molar refractivity (Wildman–Crippen MR) is 75.6 cm³/mol. The van der Waals surface area contributed by atoms with Crippen LogP contribution in [0.2, 0.25) is 0 Å². The van der Waals surface area contributed by atoms with E-state index >= 15 is 0 Å². The molecule has 1 saturated heterocycles. The normalized spacial score (nSPS) is 15.6. The lowest BCUT2D eigenvalue weighted by Crippen LogP contribution is -2.10. The Morgan fingerprint density at radius 2 is 1.58 bits per heavy atom. The van der Waals surface area contributed by atoms with E-state index in [0.717, 1.165) is 16.9 Å². The maximum atomic E-state index is 5.54. The third-order valence-corrected chi connectivity index (χ3v) is 3.29. The van der Waals surface area contributed by atoms with Gasteiger partial charge in [-0.3, -0.25) is 0 Å². The van der Waals surface area contributed by atoms with Gasteiger partial charge in [0.1, 0.15) is 0 Å². The van der Waals surface area contributed by atoms with Crippen molar-refractivity contribution in [1.29, 1.82) is 0 Å². The van der Waals surface area contributed by atoms with Gasteiger partial charge in [0.15, 0.2) is 6.29 Å². The minimum absolute atomic E-state index is 0.218. The lowest BCUT2D eigenvalue weighted by atomic mass is 10.1. The predicted octanol–water partition coefficient (Wildman–Crippen LogP) is 3.50. The van der Waals surface area contributed by atoms with Crippen LogP contribution in [0.4, 0.5) is 11.4 Å². The van der Waals surface area contributed by atoms with Crippen molar-refractivity contribution < 1.29 is 9.47 Å². The number of hydrogen-bond donors (Lipinski definition) is 0. The zero-order valence-corrected chi connectivity index (χ0v) is 11.0. The van der Waals surface area contributed by atoms with Gasteiger partial charge in [0, 0.05) is 24.0 Å². The molecule has 19 heavy (non-hydrogen) atoms. The Morgan fingerprint density at radius 3 is 2.32 bits per heavy atom. The Labute approximate surface area is 113 Å². The highest BCUT2D eigenvalue weighted by Crippen LogP contribution is 2.29. The van der Waals surface area contributed by atoms with Crippen LogP contribution in [0.5, 0.6) is 0 Å². The van der Waals surface area contributed by atoms with Gasteiger partial charge in [-0.25, -0.2) is 0 Å². The van der Waals surface area contributed by atoms with E-state index in [0.29, 0.717) is 13.2 Å². The van der Waals surface area contributed by atoms with Crippen LogP contribution in [0.1, 0.15) is 11.9 Å². The molecule has 3 nitrogen and oxygen atoms in total. The summed E-state index contributed by atoms with van der Waals surface area (Å²) in [4.78, 5) is 2.15. The molecule has 3 rings (SSSR count). The molecule has 98 valence electrons. The van der Waals surface area contributed by atoms with Gasteiger partial charge in [0.25, 0.3) is 0 Å². The van der Waals surface area contributed by atoms with Crippen molar-refractivity contribution in [2.24, 2.45) is 0 Å². The molecule has 1 heterocycles. The molecule has 0 amide bonds. The molecule has 2 aromatic carbocycles. The second-order valence-corrected chi connectivity index (χ2v) is 4.56. The highest BCUT2D eigenvalue weighted by Gasteiger charge is 2.18. The summed E-state index contributed by atoms with van der Waals surface area (Å²) in [6.07, 6.45) is -0.218. The maximum Gasteiger partial charge on any atom is 0.184 e. The van der Waals surface area contributed by atoms with Gasteiger partial charge in [0.2, 0.25) is 0 Å². The monoisotopic (exact) mass is 255 g/mol. The summed E-state index contributed by atoms with van der Waals surface area (Å²) < 4.78 is 11.1. The first-order valence-electron chi connectivity index (χ1n) is 6.46. The lowest BCUT2D eigenvalue weighted by molar-refractivity contribution is -0.0440. The van der Waals surface area contributed by atoms with Gasteiger partial charge in [0.05, 0.1) is 13.2 Å². The Hall–Kier alpha value is -1.84. The topological polar surface area (TPSA) is 21.7 Å². The molecule has 0 atom stereocenters. The Balaban J connectivity index is 1.86. The zero-order valence-electron chi connectivity index (χ0n) is 11.0. The fourth-order valence-corrected chi connectivity index (χ4v) is 2.23. The number of ether oxygens (including phenoxy) is 2. The van der Waals surface area contributed by atoms with Crippen LogP contribution >= 0.6 is 0 Å². The first kappa shape index (κ1) is 12.2. The number of nitrogens with zero attached hydrogens (tertiary/aromatic N) is 1. The fraction of sp³-hybridized carbons (Fsp3) is 0.250. The van der Waals surface area contributed by atoms with E-state index < -0.39 is 0 Å². The first-order valence-corrected chi connectivity index (χ1v) is 6.46. The van der Waals surface area contributed by atoms with Crippen molar-refractivity contribution in [3.8, 4) is 0 Å². The standard InChI is InChI=1S/C16H17NO2/c1-17(14-7-3-2-4-8-14)15-9-5-6-13(12-15)16-18-10-11-19-16/h2-9,12,16H,10-11H2,1H3. The van der Waals surface area contributed by atoms with Crippen molar-refractivity contribution in [2.75, 3.05) is 25.2 Å². The van der Waals surface area contributed by atoms with Crippen molar-refractivity contribution >= 4 is 11.4 Å². The minimum Gasteiger partial charge on any atom is -0.346 e. The highest BCUT2D eigenvalue weighted by molar-refractivity contribution is 5.62. The molecule has 1 aliphatic rings. The van der Waals surface area contributed by atoms with Crippen molar-refractivity contribution in [2.45, 2.75) is 6.29 Å². The van der Waals surface area contributed by atoms with E-state index in [9.17, 15) is 0 Å². The molecule has 1 aliphatic heterocycles. The SMILES string of the molecule is CN(c1ccccc1)c1cccc(C2OCCO2)c1. The van der Waals surface area contributed by atoms with E-state index in [1.807, 2.05) is 30.3 Å². The van der Waals surface area contributed by atoms with Gasteiger partial charge in [-0.05, 0) is 24.3 Å². The third kappa shape index (κ3) is 2.62. The van der Waals surface area contributed by atoms with E-state index in [4.69, 9.17) is 9.47 Å². The first-order chi connectivity index (χ1) is 9.34. The quantitative estimate of drug-likeness (QED) is 0.838. The van der Waals surface area contributed by atoms with E-state index in [1.54, 1.807) is 0 Å². The molecule has 0 aliphatic carbocycles. The molecule has 0 N–H and O–H groups in total. The number of anilines is 2. The molecule has 0 bridgehead atoms. The highest BCUT2D eigenvalue weighted by atomic mass is 16.7. The summed E-state index contributed by atoms with van der Waals surface area (Å²) in [5, 5.41) is 0. The minimum atomic E-state index is -0.218. The molecule has 0 saturated carbocycles. The molecule has 0 spiro atoms. The molecule has 1 fully saturated rings. The summed E-state index contributed by atoms with van der Waals surface area (Å²) in [5.74, 6) is 0. The maximum absolute atomic E-state index is 5.54. The van der Waals surface area contributed by atoms with Crippen LogP contribution < -0.4 is 4.90 Å². The molecule has 3 heteroatoms. The summed E-state index contributed by atoms with van der Waals surface area (Å²) in [6, 6.07) is 18.6. The van der Waals surface area contributed by atoms with Gasteiger partial charge in [-0.2, -0.15) is 0 Å². The van der Waals surface area contributed by atoms with E-state index in [-0.39, 0.29) is 6.29 Å². The van der Waals surface area contributed by atoms with Crippen molar-refractivity contribution in [3.63, 3.8) is 0 Å². The molecule has 0 unspecified atom stereocenters. The van der Waals surface area contributed by atoms with Crippen LogP contribution in [0.15, 0.2) is 54.6 Å². The van der Waals surface area contributed by atoms with Gasteiger partial charge < -0.3 is 14.4 Å². The summed E-state index contributed by atoms with van der Waals surface area (Å²) in [5.41, 5.74) is 3.36. The van der Waals surface area contributed by atoms with Crippen LogP contribution in [0.25, 0.3) is 0 Å². The number of hydrogen-bond acceptors (Lipinski definition) is 3.